The first-order chi connectivity index (χ1) is 16.9. The van der Waals surface area contributed by atoms with Crippen LogP contribution in [0.25, 0.3) is 0 Å². The molecule has 1 aliphatic heterocycles. The Hall–Kier alpha value is -3.69. The first kappa shape index (κ1) is 24.4. The predicted octanol–water partition coefficient (Wildman–Crippen LogP) is 2.96. The molecule has 1 heterocycles. The average molecular weight is 493 g/mol. The molecular weight excluding hydrogens is 464 g/mol. The molecular formula is C26H28N4O4S. The molecule has 9 heteroatoms. The van der Waals surface area contributed by atoms with Crippen molar-refractivity contribution in [2.75, 3.05) is 42.9 Å². The summed E-state index contributed by atoms with van der Waals surface area (Å²) in [5.41, 5.74) is 1.97. The van der Waals surface area contributed by atoms with Crippen molar-refractivity contribution in [3.05, 3.63) is 90.5 Å². The van der Waals surface area contributed by atoms with Gasteiger partial charge in [-0.3, -0.25) is 9.59 Å². The molecule has 8 nitrogen and oxygen atoms in total. The lowest BCUT2D eigenvalue weighted by molar-refractivity contribution is -0.116. The number of anilines is 2. The summed E-state index contributed by atoms with van der Waals surface area (Å²) in [6.07, 6.45) is -0.0651. The highest BCUT2D eigenvalue weighted by atomic mass is 32.2. The third-order valence-corrected chi connectivity index (χ3v) is 7.29. The third kappa shape index (κ3) is 6.26. The van der Waals surface area contributed by atoms with E-state index in [1.54, 1.807) is 47.4 Å². The molecule has 0 radical (unpaired) electrons. The number of sulfonamides is 1. The van der Waals surface area contributed by atoms with Crippen LogP contribution < -0.4 is 14.9 Å². The van der Waals surface area contributed by atoms with Gasteiger partial charge in [0, 0.05) is 44.8 Å². The Morgan fingerprint density at radius 3 is 2.06 bits per heavy atom. The minimum Gasteiger partial charge on any atom is -0.368 e. The van der Waals surface area contributed by atoms with E-state index in [-0.39, 0.29) is 29.7 Å². The Balaban J connectivity index is 1.32. The number of hydrogen-bond acceptors (Lipinski definition) is 5. The fourth-order valence-corrected chi connectivity index (χ4v) is 5.00. The number of carbonyl (C=O) groups excluding carboxylic acids is 2. The standard InChI is InChI=1S/C26H28N4O4S/c31-25(15-16-27-35(33,34)22-11-5-2-6-12-22)28-24-14-8-7-13-23(24)26(32)30-19-17-29(18-20-30)21-9-3-1-4-10-21/h1-14,27H,15-20H2,(H,28,31). The van der Waals surface area contributed by atoms with E-state index < -0.39 is 10.0 Å². The summed E-state index contributed by atoms with van der Waals surface area (Å²) in [7, 11) is -3.68. The number of hydrogen-bond donors (Lipinski definition) is 2. The molecule has 3 aromatic rings. The lowest BCUT2D eigenvalue weighted by Crippen LogP contribution is -2.48. The number of rotatable bonds is 8. The Morgan fingerprint density at radius 1 is 0.771 bits per heavy atom. The number of carbonyl (C=O) groups is 2. The summed E-state index contributed by atoms with van der Waals surface area (Å²) in [6.45, 7) is 2.56. The third-order valence-electron chi connectivity index (χ3n) is 5.82. The monoisotopic (exact) mass is 492 g/mol. The minimum absolute atomic E-state index is 0.0549. The van der Waals surface area contributed by atoms with E-state index in [2.05, 4.69) is 27.1 Å². The average Bonchev–Trinajstić information content (AvgIpc) is 2.89. The van der Waals surface area contributed by atoms with Gasteiger partial charge in [-0.2, -0.15) is 0 Å². The Labute approximate surface area is 205 Å². The highest BCUT2D eigenvalue weighted by molar-refractivity contribution is 7.89. The van der Waals surface area contributed by atoms with Crippen LogP contribution in [0.1, 0.15) is 16.8 Å². The van der Waals surface area contributed by atoms with Gasteiger partial charge in [-0.05, 0) is 36.4 Å². The van der Waals surface area contributed by atoms with Gasteiger partial charge in [-0.15, -0.1) is 0 Å². The van der Waals surface area contributed by atoms with E-state index in [0.717, 1.165) is 18.8 Å². The molecule has 4 rings (SSSR count). The van der Waals surface area contributed by atoms with Crippen LogP contribution in [0.4, 0.5) is 11.4 Å². The first-order valence-corrected chi connectivity index (χ1v) is 13.0. The van der Waals surface area contributed by atoms with Gasteiger partial charge in [0.05, 0.1) is 16.1 Å². The molecule has 0 aromatic heterocycles. The summed E-state index contributed by atoms with van der Waals surface area (Å²) >= 11 is 0. The molecule has 0 unspecified atom stereocenters. The van der Waals surface area contributed by atoms with Crippen LogP contribution >= 0.6 is 0 Å². The number of nitrogens with zero attached hydrogens (tertiary/aromatic N) is 2. The minimum atomic E-state index is -3.68. The molecule has 0 spiro atoms. The summed E-state index contributed by atoms with van der Waals surface area (Å²) in [5, 5.41) is 2.76. The topological polar surface area (TPSA) is 98.8 Å². The van der Waals surface area contributed by atoms with Crippen LogP contribution in [-0.2, 0) is 14.8 Å². The number of benzene rings is 3. The van der Waals surface area contributed by atoms with E-state index in [1.165, 1.54) is 12.1 Å². The van der Waals surface area contributed by atoms with Gasteiger partial charge in [0.2, 0.25) is 15.9 Å². The molecule has 1 aliphatic rings. The zero-order chi connectivity index (χ0) is 24.7. The second kappa shape index (κ2) is 11.2. The van der Waals surface area contributed by atoms with E-state index in [4.69, 9.17) is 0 Å². The molecule has 1 saturated heterocycles. The number of piperazine rings is 1. The zero-order valence-corrected chi connectivity index (χ0v) is 20.1. The maximum absolute atomic E-state index is 13.2. The SMILES string of the molecule is O=C(CCNS(=O)(=O)c1ccccc1)Nc1ccccc1C(=O)N1CCN(c2ccccc2)CC1. The normalized spacial score (nSPS) is 13.9. The Morgan fingerprint density at radius 2 is 1.37 bits per heavy atom. The maximum atomic E-state index is 13.2. The fraction of sp³-hybridized carbons (Fsp3) is 0.231. The van der Waals surface area contributed by atoms with Crippen molar-refractivity contribution in [3.63, 3.8) is 0 Å². The molecule has 0 saturated carbocycles. The number of nitrogens with one attached hydrogen (secondary N) is 2. The van der Waals surface area contributed by atoms with Gasteiger partial charge in [-0.1, -0.05) is 48.5 Å². The molecule has 0 bridgehead atoms. The summed E-state index contributed by atoms with van der Waals surface area (Å²) in [6, 6.07) is 25.0. The van der Waals surface area contributed by atoms with Crippen molar-refractivity contribution in [3.8, 4) is 0 Å². The summed E-state index contributed by atoms with van der Waals surface area (Å²) < 4.78 is 27.0. The highest BCUT2D eigenvalue weighted by Gasteiger charge is 2.24. The smallest absolute Gasteiger partial charge is 0.256 e. The van der Waals surface area contributed by atoms with Crippen LogP contribution in [0.2, 0.25) is 0 Å². The second-order valence-electron chi connectivity index (χ2n) is 8.17. The summed E-state index contributed by atoms with van der Waals surface area (Å²) in [5.74, 6) is -0.520. The number of amides is 2. The van der Waals surface area contributed by atoms with Crippen LogP contribution in [0.5, 0.6) is 0 Å². The van der Waals surface area contributed by atoms with Crippen LogP contribution in [0, 0.1) is 0 Å². The molecule has 182 valence electrons. The van der Waals surface area contributed by atoms with Crippen LogP contribution in [0.15, 0.2) is 89.8 Å². The Kier molecular flexibility index (Phi) is 7.79. The quantitative estimate of drug-likeness (QED) is 0.504. The van der Waals surface area contributed by atoms with E-state index in [0.29, 0.717) is 24.3 Å². The van der Waals surface area contributed by atoms with Gasteiger partial charge in [0.25, 0.3) is 5.91 Å². The molecule has 1 fully saturated rings. The molecule has 2 N–H and O–H groups in total. The Bertz CT molecular complexity index is 1260. The molecule has 35 heavy (non-hydrogen) atoms. The van der Waals surface area contributed by atoms with E-state index >= 15 is 0 Å². The molecule has 2 amide bonds. The zero-order valence-electron chi connectivity index (χ0n) is 19.3. The lowest BCUT2D eigenvalue weighted by Gasteiger charge is -2.36. The molecule has 0 atom stereocenters. The van der Waals surface area contributed by atoms with E-state index in [1.807, 2.05) is 18.2 Å². The van der Waals surface area contributed by atoms with Gasteiger partial charge < -0.3 is 15.1 Å². The van der Waals surface area contributed by atoms with Crippen molar-refractivity contribution in [2.45, 2.75) is 11.3 Å². The fourth-order valence-electron chi connectivity index (χ4n) is 3.95. The van der Waals surface area contributed by atoms with Crippen molar-refractivity contribution in [1.82, 2.24) is 9.62 Å². The second-order valence-corrected chi connectivity index (χ2v) is 9.94. The van der Waals surface area contributed by atoms with Crippen LogP contribution in [0.3, 0.4) is 0 Å². The van der Waals surface area contributed by atoms with Gasteiger partial charge in [-0.25, -0.2) is 13.1 Å². The molecule has 3 aromatic carbocycles. The maximum Gasteiger partial charge on any atom is 0.256 e. The predicted molar refractivity (Wildman–Crippen MR) is 136 cm³/mol. The van der Waals surface area contributed by atoms with E-state index in [9.17, 15) is 18.0 Å². The van der Waals surface area contributed by atoms with Gasteiger partial charge in [0.15, 0.2) is 0 Å². The van der Waals surface area contributed by atoms with Crippen molar-refractivity contribution in [1.29, 1.82) is 0 Å². The molecule has 0 aliphatic carbocycles. The van der Waals surface area contributed by atoms with Gasteiger partial charge in [0.1, 0.15) is 0 Å². The highest BCUT2D eigenvalue weighted by Crippen LogP contribution is 2.21. The van der Waals surface area contributed by atoms with Gasteiger partial charge >= 0.3 is 0 Å². The first-order valence-electron chi connectivity index (χ1n) is 11.5. The van der Waals surface area contributed by atoms with Crippen molar-refractivity contribution in [2.24, 2.45) is 0 Å². The van der Waals surface area contributed by atoms with Crippen molar-refractivity contribution >= 4 is 33.2 Å². The largest absolute Gasteiger partial charge is 0.368 e. The number of para-hydroxylation sites is 2. The lowest BCUT2D eigenvalue weighted by atomic mass is 10.1. The van der Waals surface area contributed by atoms with Crippen LogP contribution in [-0.4, -0.2) is 57.9 Å². The summed E-state index contributed by atoms with van der Waals surface area (Å²) in [4.78, 5) is 29.9. The van der Waals surface area contributed by atoms with Crippen molar-refractivity contribution < 1.29 is 18.0 Å².